The van der Waals surface area contributed by atoms with Gasteiger partial charge in [0.05, 0.1) is 20.8 Å². The second-order valence-corrected chi connectivity index (χ2v) is 11.2. The number of benzene rings is 1. The number of nitrogens with zero attached hydrogens (tertiary/aromatic N) is 2. The molecule has 36 heavy (non-hydrogen) atoms. The number of carbonyl (C=O) groups is 2. The van der Waals surface area contributed by atoms with Crippen molar-refractivity contribution in [2.45, 2.75) is 78.3 Å². The highest BCUT2D eigenvalue weighted by Gasteiger charge is 2.31. The van der Waals surface area contributed by atoms with Gasteiger partial charge in [0.2, 0.25) is 11.8 Å². The zero-order valence-corrected chi connectivity index (χ0v) is 23.4. The van der Waals surface area contributed by atoms with Crippen LogP contribution in [-0.4, -0.2) is 55.0 Å². The lowest BCUT2D eigenvalue weighted by molar-refractivity contribution is -0.146. The summed E-state index contributed by atoms with van der Waals surface area (Å²) in [5.74, 6) is 1.59. The molecule has 0 radical (unpaired) electrons. The molecule has 2 amide bonds. The lowest BCUT2D eigenvalue weighted by Gasteiger charge is -2.34. The van der Waals surface area contributed by atoms with E-state index in [0.717, 1.165) is 42.5 Å². The molecule has 0 bridgehead atoms. The SMILES string of the molecule is CCC(C)N(CC(=O)N(CCc1ccc(OC)c(OC)c1)Cc1ccc(C)s1)C(=O)C1CCCCC1. The highest BCUT2D eigenvalue weighted by atomic mass is 32.1. The Balaban J connectivity index is 1.76. The Labute approximate surface area is 220 Å². The molecule has 1 aromatic carbocycles. The number of aryl methyl sites for hydroxylation is 1. The van der Waals surface area contributed by atoms with Gasteiger partial charge in [-0.05, 0) is 69.4 Å². The summed E-state index contributed by atoms with van der Waals surface area (Å²) in [6.07, 6.45) is 6.82. The molecule has 198 valence electrons. The van der Waals surface area contributed by atoms with Crippen LogP contribution in [0.25, 0.3) is 0 Å². The van der Waals surface area contributed by atoms with Crippen LogP contribution in [0.3, 0.4) is 0 Å². The Hall–Kier alpha value is -2.54. The van der Waals surface area contributed by atoms with E-state index in [1.165, 1.54) is 11.3 Å². The number of thiophene rings is 1. The number of hydrogen-bond donors (Lipinski definition) is 0. The molecule has 3 rings (SSSR count). The zero-order chi connectivity index (χ0) is 26.1. The van der Waals surface area contributed by atoms with Gasteiger partial charge < -0.3 is 19.3 Å². The highest BCUT2D eigenvalue weighted by Crippen LogP contribution is 2.29. The van der Waals surface area contributed by atoms with Crippen molar-refractivity contribution in [2.24, 2.45) is 5.92 Å². The van der Waals surface area contributed by atoms with Crippen LogP contribution in [0.4, 0.5) is 0 Å². The minimum atomic E-state index is 0.00555. The fraction of sp³-hybridized carbons (Fsp3) is 0.586. The van der Waals surface area contributed by atoms with E-state index in [-0.39, 0.29) is 30.3 Å². The molecule has 1 atom stereocenters. The molecule has 7 heteroatoms. The van der Waals surface area contributed by atoms with E-state index in [4.69, 9.17) is 9.47 Å². The molecule has 0 aliphatic heterocycles. The molecule has 6 nitrogen and oxygen atoms in total. The number of methoxy groups -OCH3 is 2. The third kappa shape index (κ3) is 7.48. The van der Waals surface area contributed by atoms with Crippen molar-refractivity contribution in [3.8, 4) is 11.5 Å². The standard InChI is InChI=1S/C29H42N2O4S/c1-6-21(2)31(29(33)24-10-8-7-9-11-24)20-28(32)30(19-25-14-12-22(3)36-25)17-16-23-13-15-26(34-4)27(18-23)35-5/h12-15,18,21,24H,6-11,16-17,19-20H2,1-5H3. The van der Waals surface area contributed by atoms with Crippen LogP contribution in [-0.2, 0) is 22.6 Å². The first kappa shape index (κ1) is 28.0. The number of hydrogen-bond acceptors (Lipinski definition) is 5. The van der Waals surface area contributed by atoms with Gasteiger partial charge in [-0.2, -0.15) is 0 Å². The lowest BCUT2D eigenvalue weighted by atomic mass is 9.88. The fourth-order valence-electron chi connectivity index (χ4n) is 4.85. The number of ether oxygens (including phenoxy) is 2. The predicted octanol–water partition coefficient (Wildman–Crippen LogP) is 5.85. The van der Waals surface area contributed by atoms with Crippen LogP contribution >= 0.6 is 11.3 Å². The van der Waals surface area contributed by atoms with Crippen molar-refractivity contribution in [1.82, 2.24) is 9.80 Å². The molecular formula is C29H42N2O4S. The largest absolute Gasteiger partial charge is 0.493 e. The van der Waals surface area contributed by atoms with Gasteiger partial charge in [0.1, 0.15) is 6.54 Å². The number of carbonyl (C=O) groups excluding carboxylic acids is 2. The van der Waals surface area contributed by atoms with Crippen LogP contribution in [0.15, 0.2) is 30.3 Å². The van der Waals surface area contributed by atoms with Gasteiger partial charge in [-0.3, -0.25) is 9.59 Å². The van der Waals surface area contributed by atoms with E-state index in [1.54, 1.807) is 25.6 Å². The molecular weight excluding hydrogens is 472 g/mol. The first-order chi connectivity index (χ1) is 17.4. The van der Waals surface area contributed by atoms with Gasteiger partial charge in [0, 0.05) is 28.3 Å². The predicted molar refractivity (Wildman–Crippen MR) is 146 cm³/mol. The highest BCUT2D eigenvalue weighted by molar-refractivity contribution is 7.11. The van der Waals surface area contributed by atoms with Crippen LogP contribution < -0.4 is 9.47 Å². The Kier molecular flexibility index (Phi) is 10.7. The minimum Gasteiger partial charge on any atom is -0.493 e. The van der Waals surface area contributed by atoms with Crippen molar-refractivity contribution >= 4 is 23.2 Å². The van der Waals surface area contributed by atoms with E-state index in [9.17, 15) is 9.59 Å². The first-order valence-corrected chi connectivity index (χ1v) is 14.0. The molecule has 2 aromatic rings. The minimum absolute atomic E-state index is 0.00555. The molecule has 1 aliphatic rings. The van der Waals surface area contributed by atoms with E-state index in [2.05, 4.69) is 32.9 Å². The van der Waals surface area contributed by atoms with Crippen molar-refractivity contribution in [2.75, 3.05) is 27.3 Å². The van der Waals surface area contributed by atoms with Crippen LogP contribution in [0.2, 0.25) is 0 Å². The van der Waals surface area contributed by atoms with Crippen LogP contribution in [0, 0.1) is 12.8 Å². The van der Waals surface area contributed by atoms with Crippen molar-refractivity contribution in [3.63, 3.8) is 0 Å². The summed E-state index contributed by atoms with van der Waals surface area (Å²) in [5.41, 5.74) is 1.07. The van der Waals surface area contributed by atoms with Gasteiger partial charge in [-0.25, -0.2) is 0 Å². The van der Waals surface area contributed by atoms with Gasteiger partial charge in [-0.1, -0.05) is 32.3 Å². The molecule has 1 aromatic heterocycles. The normalized spacial score (nSPS) is 14.8. The van der Waals surface area contributed by atoms with E-state index >= 15 is 0 Å². The Bertz CT molecular complexity index is 999. The molecule has 1 heterocycles. The maximum Gasteiger partial charge on any atom is 0.242 e. The molecule has 0 spiro atoms. The molecule has 0 saturated heterocycles. The zero-order valence-electron chi connectivity index (χ0n) is 22.5. The summed E-state index contributed by atoms with van der Waals surface area (Å²) >= 11 is 1.71. The lowest BCUT2D eigenvalue weighted by Crippen LogP contribution is -2.49. The smallest absolute Gasteiger partial charge is 0.242 e. The van der Waals surface area contributed by atoms with Crippen molar-refractivity contribution in [3.05, 3.63) is 45.6 Å². The maximum atomic E-state index is 13.7. The third-order valence-electron chi connectivity index (χ3n) is 7.28. The monoisotopic (exact) mass is 514 g/mol. The Morgan fingerprint density at radius 1 is 1.06 bits per heavy atom. The fourth-order valence-corrected chi connectivity index (χ4v) is 5.76. The Morgan fingerprint density at radius 2 is 1.78 bits per heavy atom. The first-order valence-electron chi connectivity index (χ1n) is 13.2. The van der Waals surface area contributed by atoms with Gasteiger partial charge >= 0.3 is 0 Å². The number of rotatable bonds is 12. The molecule has 1 unspecified atom stereocenters. The summed E-state index contributed by atoms with van der Waals surface area (Å²) < 4.78 is 10.8. The summed E-state index contributed by atoms with van der Waals surface area (Å²) in [4.78, 5) is 33.3. The van der Waals surface area contributed by atoms with Gasteiger partial charge in [0.15, 0.2) is 11.5 Å². The number of amides is 2. The maximum absolute atomic E-state index is 13.7. The van der Waals surface area contributed by atoms with Crippen LogP contribution in [0.1, 0.15) is 67.7 Å². The quantitative estimate of drug-likeness (QED) is 0.356. The average Bonchev–Trinajstić information content (AvgIpc) is 3.33. The van der Waals surface area contributed by atoms with Crippen molar-refractivity contribution < 1.29 is 19.1 Å². The van der Waals surface area contributed by atoms with Gasteiger partial charge in [0.25, 0.3) is 0 Å². The van der Waals surface area contributed by atoms with Crippen molar-refractivity contribution in [1.29, 1.82) is 0 Å². The third-order valence-corrected chi connectivity index (χ3v) is 8.27. The van der Waals surface area contributed by atoms with Gasteiger partial charge in [-0.15, -0.1) is 11.3 Å². The summed E-state index contributed by atoms with van der Waals surface area (Å²) in [6, 6.07) is 10.1. The van der Waals surface area contributed by atoms with E-state index in [0.29, 0.717) is 31.0 Å². The summed E-state index contributed by atoms with van der Waals surface area (Å²) in [7, 11) is 3.25. The molecule has 1 saturated carbocycles. The molecule has 1 fully saturated rings. The van der Waals surface area contributed by atoms with Crippen LogP contribution in [0.5, 0.6) is 11.5 Å². The molecule has 1 aliphatic carbocycles. The Morgan fingerprint density at radius 3 is 2.39 bits per heavy atom. The second kappa shape index (κ2) is 13.7. The topological polar surface area (TPSA) is 59.1 Å². The summed E-state index contributed by atoms with van der Waals surface area (Å²) in [5, 5.41) is 0. The molecule has 0 N–H and O–H groups in total. The summed E-state index contributed by atoms with van der Waals surface area (Å²) in [6.45, 7) is 7.48. The van der Waals surface area contributed by atoms with E-state index < -0.39 is 0 Å². The van der Waals surface area contributed by atoms with E-state index in [1.807, 2.05) is 28.0 Å². The second-order valence-electron chi connectivity index (χ2n) is 9.83. The average molecular weight is 515 g/mol.